The lowest BCUT2D eigenvalue weighted by Crippen LogP contribution is -2.04. The highest BCUT2D eigenvalue weighted by Crippen LogP contribution is 2.37. The Morgan fingerprint density at radius 3 is 2.88 bits per heavy atom. The maximum Gasteiger partial charge on any atom is 0.256 e. The number of hydrogen-bond acceptors (Lipinski definition) is 2. The second-order valence-corrected chi connectivity index (χ2v) is 7.37. The minimum absolute atomic E-state index is 0.0350. The summed E-state index contributed by atoms with van der Waals surface area (Å²) in [6.45, 7) is 2.24. The van der Waals surface area contributed by atoms with Crippen LogP contribution >= 0.6 is 0 Å². The standard InChI is InChI=1S/C22H26N2O2/c1-14-7-5-11-19-21(14)17(22(26)24-19)13-20-16(9-6-12-25)15-8-3-2-4-10-18(15)23-20/h5,7,11,13,23,25H,2-4,6,8-10,12H2,1H3,(H,24,26)/b17-13-. The zero-order valence-electron chi connectivity index (χ0n) is 15.3. The number of aryl methyl sites for hydroxylation is 2. The van der Waals surface area contributed by atoms with E-state index in [0.717, 1.165) is 53.8 Å². The molecule has 4 rings (SSSR count). The zero-order chi connectivity index (χ0) is 18.1. The van der Waals surface area contributed by atoms with Gasteiger partial charge in [-0.05, 0) is 74.3 Å². The molecule has 3 N–H and O–H groups in total. The third kappa shape index (κ3) is 2.99. The Hall–Kier alpha value is -2.33. The second kappa shape index (κ2) is 7.12. The number of aliphatic hydroxyl groups is 1. The summed E-state index contributed by atoms with van der Waals surface area (Å²) in [5, 5.41) is 12.3. The van der Waals surface area contributed by atoms with Gasteiger partial charge in [-0.1, -0.05) is 18.6 Å². The summed E-state index contributed by atoms with van der Waals surface area (Å²) in [4.78, 5) is 16.2. The summed E-state index contributed by atoms with van der Waals surface area (Å²) in [5.74, 6) is -0.0350. The molecule has 1 aromatic carbocycles. The number of rotatable bonds is 4. The molecule has 0 bridgehead atoms. The van der Waals surface area contributed by atoms with E-state index >= 15 is 0 Å². The van der Waals surface area contributed by atoms with Gasteiger partial charge in [-0.15, -0.1) is 0 Å². The maximum atomic E-state index is 12.6. The van der Waals surface area contributed by atoms with E-state index in [1.54, 1.807) is 0 Å². The van der Waals surface area contributed by atoms with Crippen LogP contribution in [-0.4, -0.2) is 22.6 Å². The molecule has 2 aliphatic rings. The highest BCUT2D eigenvalue weighted by atomic mass is 16.2. The average Bonchev–Trinajstić information content (AvgIpc) is 3.01. The summed E-state index contributed by atoms with van der Waals surface area (Å²) in [6.07, 6.45) is 9.50. The number of aromatic amines is 1. The smallest absolute Gasteiger partial charge is 0.256 e. The maximum absolute atomic E-state index is 12.6. The van der Waals surface area contributed by atoms with Gasteiger partial charge in [0, 0.05) is 29.2 Å². The summed E-state index contributed by atoms with van der Waals surface area (Å²) >= 11 is 0. The van der Waals surface area contributed by atoms with Crippen molar-refractivity contribution in [1.82, 2.24) is 4.98 Å². The molecule has 1 aromatic heterocycles. The molecule has 0 spiro atoms. The lowest BCUT2D eigenvalue weighted by molar-refractivity contribution is -0.110. The van der Waals surface area contributed by atoms with Gasteiger partial charge in [0.15, 0.2) is 0 Å². The van der Waals surface area contributed by atoms with Crippen LogP contribution in [0.2, 0.25) is 0 Å². The number of aromatic nitrogens is 1. The molecule has 26 heavy (non-hydrogen) atoms. The molecule has 0 atom stereocenters. The van der Waals surface area contributed by atoms with Crippen molar-refractivity contribution < 1.29 is 9.90 Å². The Labute approximate surface area is 154 Å². The number of nitrogens with one attached hydrogen (secondary N) is 2. The van der Waals surface area contributed by atoms with Crippen molar-refractivity contribution in [2.75, 3.05) is 11.9 Å². The zero-order valence-corrected chi connectivity index (χ0v) is 15.3. The lowest BCUT2D eigenvalue weighted by atomic mass is 9.97. The number of anilines is 1. The Bertz CT molecular complexity index is 877. The third-order valence-corrected chi connectivity index (χ3v) is 5.60. The van der Waals surface area contributed by atoms with Crippen molar-refractivity contribution in [3.8, 4) is 0 Å². The van der Waals surface area contributed by atoms with Crippen molar-refractivity contribution >= 4 is 23.2 Å². The van der Waals surface area contributed by atoms with Gasteiger partial charge in [0.05, 0.1) is 5.57 Å². The van der Waals surface area contributed by atoms with E-state index in [1.165, 1.54) is 36.1 Å². The molecule has 0 saturated carbocycles. The molecule has 2 aromatic rings. The minimum atomic E-state index is -0.0350. The molecule has 2 heterocycles. The number of fused-ring (bicyclic) bond motifs is 2. The third-order valence-electron chi connectivity index (χ3n) is 5.60. The van der Waals surface area contributed by atoms with Crippen molar-refractivity contribution in [1.29, 1.82) is 0 Å². The fraction of sp³-hybridized carbons (Fsp3) is 0.409. The van der Waals surface area contributed by atoms with Gasteiger partial charge < -0.3 is 15.4 Å². The van der Waals surface area contributed by atoms with Crippen LogP contribution in [0.15, 0.2) is 18.2 Å². The number of H-pyrrole nitrogens is 1. The van der Waals surface area contributed by atoms with Crippen LogP contribution in [0.5, 0.6) is 0 Å². The number of aliphatic hydroxyl groups excluding tert-OH is 1. The molecule has 4 heteroatoms. The molecule has 1 aliphatic heterocycles. The number of carbonyl (C=O) groups is 1. The Morgan fingerprint density at radius 1 is 1.19 bits per heavy atom. The quantitative estimate of drug-likeness (QED) is 0.576. The van der Waals surface area contributed by atoms with Crippen LogP contribution in [0, 0.1) is 6.92 Å². The van der Waals surface area contributed by atoms with E-state index in [0.29, 0.717) is 0 Å². The molecular formula is C22H26N2O2. The van der Waals surface area contributed by atoms with E-state index in [-0.39, 0.29) is 12.5 Å². The minimum Gasteiger partial charge on any atom is -0.396 e. The van der Waals surface area contributed by atoms with E-state index in [2.05, 4.69) is 10.3 Å². The van der Waals surface area contributed by atoms with Crippen molar-refractivity contribution in [3.05, 3.63) is 51.8 Å². The van der Waals surface area contributed by atoms with Gasteiger partial charge >= 0.3 is 0 Å². The summed E-state index contributed by atoms with van der Waals surface area (Å²) in [6, 6.07) is 5.97. The van der Waals surface area contributed by atoms with Gasteiger partial charge in [-0.25, -0.2) is 0 Å². The fourth-order valence-electron chi connectivity index (χ4n) is 4.33. The van der Waals surface area contributed by atoms with E-state index in [1.807, 2.05) is 31.2 Å². The van der Waals surface area contributed by atoms with Crippen molar-refractivity contribution in [2.24, 2.45) is 0 Å². The number of benzene rings is 1. The first-order valence-corrected chi connectivity index (χ1v) is 9.65. The molecule has 4 nitrogen and oxygen atoms in total. The van der Waals surface area contributed by atoms with Crippen LogP contribution < -0.4 is 5.32 Å². The predicted octanol–water partition coefficient (Wildman–Crippen LogP) is 4.01. The van der Waals surface area contributed by atoms with Crippen molar-refractivity contribution in [2.45, 2.75) is 51.9 Å². The first kappa shape index (κ1) is 17.1. The van der Waals surface area contributed by atoms with Crippen LogP contribution in [-0.2, 0) is 24.1 Å². The highest BCUT2D eigenvalue weighted by molar-refractivity contribution is 6.35. The summed E-state index contributed by atoms with van der Waals surface area (Å²) in [5.41, 5.74) is 8.83. The van der Waals surface area contributed by atoms with E-state index in [4.69, 9.17) is 0 Å². The van der Waals surface area contributed by atoms with Crippen molar-refractivity contribution in [3.63, 3.8) is 0 Å². The first-order valence-electron chi connectivity index (χ1n) is 9.65. The molecule has 1 aliphatic carbocycles. The first-order chi connectivity index (χ1) is 12.7. The van der Waals surface area contributed by atoms with Gasteiger partial charge in [-0.2, -0.15) is 0 Å². The summed E-state index contributed by atoms with van der Waals surface area (Å²) in [7, 11) is 0. The number of amides is 1. The van der Waals surface area contributed by atoms with Gasteiger partial charge in [0.1, 0.15) is 0 Å². The largest absolute Gasteiger partial charge is 0.396 e. The Kier molecular flexibility index (Phi) is 4.68. The van der Waals surface area contributed by atoms with E-state index < -0.39 is 0 Å². The summed E-state index contributed by atoms with van der Waals surface area (Å²) < 4.78 is 0. The molecule has 1 amide bonds. The lowest BCUT2D eigenvalue weighted by Gasteiger charge is -2.06. The average molecular weight is 350 g/mol. The van der Waals surface area contributed by atoms with Gasteiger partial charge in [-0.3, -0.25) is 4.79 Å². The van der Waals surface area contributed by atoms with Crippen LogP contribution in [0.25, 0.3) is 11.6 Å². The predicted molar refractivity (Wildman–Crippen MR) is 105 cm³/mol. The number of carbonyl (C=O) groups excluding carboxylic acids is 1. The normalized spacial score (nSPS) is 17.8. The van der Waals surface area contributed by atoms with Gasteiger partial charge in [0.25, 0.3) is 5.91 Å². The van der Waals surface area contributed by atoms with Crippen LogP contribution in [0.4, 0.5) is 5.69 Å². The van der Waals surface area contributed by atoms with Crippen LogP contribution in [0.1, 0.15) is 59.3 Å². The Balaban J connectivity index is 1.81. The monoisotopic (exact) mass is 350 g/mol. The fourth-order valence-corrected chi connectivity index (χ4v) is 4.33. The topological polar surface area (TPSA) is 65.1 Å². The van der Waals surface area contributed by atoms with Crippen LogP contribution in [0.3, 0.4) is 0 Å². The molecule has 0 saturated heterocycles. The highest BCUT2D eigenvalue weighted by Gasteiger charge is 2.27. The molecule has 136 valence electrons. The van der Waals surface area contributed by atoms with E-state index in [9.17, 15) is 9.90 Å². The molecule has 0 unspecified atom stereocenters. The second-order valence-electron chi connectivity index (χ2n) is 7.37. The SMILES string of the molecule is Cc1cccc2c1/C(=C/c1[nH]c3c(c1CCCO)CCCCC3)C(=O)N2. The molecule has 0 fully saturated rings. The molecular weight excluding hydrogens is 324 g/mol. The Morgan fingerprint density at radius 2 is 2.04 bits per heavy atom. The number of hydrogen-bond donors (Lipinski definition) is 3. The van der Waals surface area contributed by atoms with Gasteiger partial charge in [0.2, 0.25) is 0 Å². The molecule has 0 radical (unpaired) electrons.